The monoisotopic (exact) mass is 357 g/mol. The van der Waals surface area contributed by atoms with Crippen LogP contribution in [0.5, 0.6) is 0 Å². The Labute approximate surface area is 156 Å². The van der Waals surface area contributed by atoms with Gasteiger partial charge in [-0.1, -0.05) is 12.1 Å². The smallest absolute Gasteiger partial charge is 0.238 e. The SMILES string of the molecule is CC(C1CC1)N(CC(=O)Nc1ccc(CN2CCOCC2)cc1)C1CC1. The summed E-state index contributed by atoms with van der Waals surface area (Å²) >= 11 is 0. The molecule has 1 amide bonds. The fourth-order valence-electron chi connectivity index (χ4n) is 3.94. The topological polar surface area (TPSA) is 44.8 Å². The van der Waals surface area contributed by atoms with E-state index >= 15 is 0 Å². The number of amides is 1. The van der Waals surface area contributed by atoms with Crippen molar-refractivity contribution in [3.63, 3.8) is 0 Å². The van der Waals surface area contributed by atoms with Gasteiger partial charge in [0, 0.05) is 37.4 Å². The van der Waals surface area contributed by atoms with Gasteiger partial charge in [0.2, 0.25) is 5.91 Å². The van der Waals surface area contributed by atoms with Crippen LogP contribution in [-0.2, 0) is 16.1 Å². The zero-order valence-corrected chi connectivity index (χ0v) is 15.8. The van der Waals surface area contributed by atoms with E-state index in [-0.39, 0.29) is 5.91 Å². The average molecular weight is 357 g/mol. The van der Waals surface area contributed by atoms with Gasteiger partial charge in [-0.05, 0) is 56.2 Å². The molecule has 1 saturated heterocycles. The van der Waals surface area contributed by atoms with E-state index in [4.69, 9.17) is 4.74 Å². The normalized spacial score (nSPS) is 22.4. The van der Waals surface area contributed by atoms with E-state index in [1.165, 1.54) is 31.2 Å². The van der Waals surface area contributed by atoms with Crippen LogP contribution in [0.25, 0.3) is 0 Å². The Hall–Kier alpha value is -1.43. The molecule has 5 heteroatoms. The van der Waals surface area contributed by atoms with Crippen LogP contribution in [0.2, 0.25) is 0 Å². The molecule has 5 nitrogen and oxygen atoms in total. The van der Waals surface area contributed by atoms with Crippen molar-refractivity contribution in [1.82, 2.24) is 9.80 Å². The minimum Gasteiger partial charge on any atom is -0.379 e. The molecular formula is C21H31N3O2. The molecule has 0 bridgehead atoms. The second-order valence-corrected chi connectivity index (χ2v) is 8.12. The van der Waals surface area contributed by atoms with Crippen molar-refractivity contribution in [1.29, 1.82) is 0 Å². The first-order chi connectivity index (χ1) is 12.7. The number of rotatable bonds is 8. The van der Waals surface area contributed by atoms with Gasteiger partial charge in [-0.15, -0.1) is 0 Å². The van der Waals surface area contributed by atoms with Crippen molar-refractivity contribution < 1.29 is 9.53 Å². The summed E-state index contributed by atoms with van der Waals surface area (Å²) in [6.45, 7) is 7.41. The minimum atomic E-state index is 0.116. The summed E-state index contributed by atoms with van der Waals surface area (Å²) < 4.78 is 5.40. The zero-order chi connectivity index (χ0) is 17.9. The number of hydrogen-bond donors (Lipinski definition) is 1. The number of anilines is 1. The molecule has 142 valence electrons. The van der Waals surface area contributed by atoms with Crippen molar-refractivity contribution in [2.75, 3.05) is 38.2 Å². The maximum absolute atomic E-state index is 12.5. The fourth-order valence-corrected chi connectivity index (χ4v) is 3.94. The molecular weight excluding hydrogens is 326 g/mol. The summed E-state index contributed by atoms with van der Waals surface area (Å²) in [7, 11) is 0. The molecule has 1 N–H and O–H groups in total. The molecule has 1 aromatic rings. The second kappa shape index (κ2) is 8.07. The summed E-state index contributed by atoms with van der Waals surface area (Å²) in [4.78, 5) is 17.4. The molecule has 0 spiro atoms. The first kappa shape index (κ1) is 18.0. The maximum Gasteiger partial charge on any atom is 0.238 e. The number of benzene rings is 1. The summed E-state index contributed by atoms with van der Waals surface area (Å²) in [5.41, 5.74) is 2.18. The number of ether oxygens (including phenoxy) is 1. The van der Waals surface area contributed by atoms with Crippen LogP contribution < -0.4 is 5.32 Å². The third-order valence-electron chi connectivity index (χ3n) is 5.92. The quantitative estimate of drug-likeness (QED) is 0.777. The molecule has 26 heavy (non-hydrogen) atoms. The van der Waals surface area contributed by atoms with Crippen molar-refractivity contribution in [2.45, 2.75) is 51.2 Å². The molecule has 0 aromatic heterocycles. The molecule has 1 atom stereocenters. The van der Waals surface area contributed by atoms with Gasteiger partial charge >= 0.3 is 0 Å². The fraction of sp³-hybridized carbons (Fsp3) is 0.667. The van der Waals surface area contributed by atoms with Crippen molar-refractivity contribution in [3.05, 3.63) is 29.8 Å². The van der Waals surface area contributed by atoms with E-state index in [1.807, 2.05) is 12.1 Å². The molecule has 1 aromatic carbocycles. The van der Waals surface area contributed by atoms with E-state index in [1.54, 1.807) is 0 Å². The van der Waals surface area contributed by atoms with E-state index in [0.717, 1.165) is 44.5 Å². The van der Waals surface area contributed by atoms with Crippen molar-refractivity contribution in [2.24, 2.45) is 5.92 Å². The van der Waals surface area contributed by atoms with Crippen molar-refractivity contribution >= 4 is 11.6 Å². The predicted molar refractivity (Wildman–Crippen MR) is 103 cm³/mol. The predicted octanol–water partition coefficient (Wildman–Crippen LogP) is 2.72. The van der Waals surface area contributed by atoms with Gasteiger partial charge in [-0.2, -0.15) is 0 Å². The molecule has 3 fully saturated rings. The summed E-state index contributed by atoms with van der Waals surface area (Å²) in [6, 6.07) is 9.47. The molecule has 1 aliphatic heterocycles. The molecule has 1 heterocycles. The number of carbonyl (C=O) groups excluding carboxylic acids is 1. The van der Waals surface area contributed by atoms with Crippen LogP contribution in [-0.4, -0.2) is 60.6 Å². The molecule has 1 unspecified atom stereocenters. The van der Waals surface area contributed by atoms with Gasteiger partial charge in [0.25, 0.3) is 0 Å². The molecule has 2 saturated carbocycles. The van der Waals surface area contributed by atoms with E-state index in [9.17, 15) is 4.79 Å². The van der Waals surface area contributed by atoms with E-state index in [0.29, 0.717) is 18.6 Å². The third kappa shape index (κ3) is 4.84. The molecule has 3 aliphatic rings. The lowest BCUT2D eigenvalue weighted by molar-refractivity contribution is -0.118. The van der Waals surface area contributed by atoms with E-state index < -0.39 is 0 Å². The van der Waals surface area contributed by atoms with Crippen LogP contribution in [0.4, 0.5) is 5.69 Å². The van der Waals surface area contributed by atoms with Crippen LogP contribution in [0.15, 0.2) is 24.3 Å². The lowest BCUT2D eigenvalue weighted by Crippen LogP contribution is -2.42. The highest BCUT2D eigenvalue weighted by atomic mass is 16.5. The standard InChI is InChI=1S/C21H31N3O2/c1-16(18-4-5-18)24(20-8-9-20)15-21(25)22-19-6-2-17(3-7-19)14-23-10-12-26-13-11-23/h2-3,6-7,16,18,20H,4-5,8-15H2,1H3,(H,22,25). The van der Waals surface area contributed by atoms with Crippen LogP contribution in [0.3, 0.4) is 0 Å². The average Bonchev–Trinajstić information content (AvgIpc) is 3.55. The van der Waals surface area contributed by atoms with Gasteiger partial charge < -0.3 is 10.1 Å². The van der Waals surface area contributed by atoms with Crippen LogP contribution in [0.1, 0.15) is 38.2 Å². The number of hydrogen-bond acceptors (Lipinski definition) is 4. The Balaban J connectivity index is 1.28. The highest BCUT2D eigenvalue weighted by Crippen LogP contribution is 2.39. The number of nitrogens with one attached hydrogen (secondary N) is 1. The summed E-state index contributed by atoms with van der Waals surface area (Å²) in [5, 5.41) is 3.09. The van der Waals surface area contributed by atoms with Gasteiger partial charge in [-0.25, -0.2) is 0 Å². The largest absolute Gasteiger partial charge is 0.379 e. The molecule has 4 rings (SSSR count). The Morgan fingerprint density at radius 2 is 1.88 bits per heavy atom. The number of morpholine rings is 1. The Bertz CT molecular complexity index is 604. The van der Waals surface area contributed by atoms with E-state index in [2.05, 4.69) is 34.2 Å². The van der Waals surface area contributed by atoms with Gasteiger partial charge in [0.1, 0.15) is 0 Å². The first-order valence-corrected chi connectivity index (χ1v) is 10.1. The number of nitrogens with zero attached hydrogens (tertiary/aromatic N) is 2. The van der Waals surface area contributed by atoms with Gasteiger partial charge in [-0.3, -0.25) is 14.6 Å². The van der Waals surface area contributed by atoms with Crippen LogP contribution >= 0.6 is 0 Å². The lowest BCUT2D eigenvalue weighted by atomic mass is 10.1. The van der Waals surface area contributed by atoms with Crippen LogP contribution in [0, 0.1) is 5.92 Å². The lowest BCUT2D eigenvalue weighted by Gasteiger charge is -2.28. The Morgan fingerprint density at radius 1 is 1.19 bits per heavy atom. The number of carbonyl (C=O) groups is 1. The molecule has 0 radical (unpaired) electrons. The zero-order valence-electron chi connectivity index (χ0n) is 15.8. The van der Waals surface area contributed by atoms with Gasteiger partial charge in [0.15, 0.2) is 0 Å². The summed E-state index contributed by atoms with van der Waals surface area (Å²) in [5.74, 6) is 0.924. The second-order valence-electron chi connectivity index (χ2n) is 8.12. The maximum atomic E-state index is 12.5. The highest BCUT2D eigenvalue weighted by molar-refractivity contribution is 5.92. The summed E-state index contributed by atoms with van der Waals surface area (Å²) in [6.07, 6.45) is 5.16. The van der Waals surface area contributed by atoms with Gasteiger partial charge in [0.05, 0.1) is 19.8 Å². The van der Waals surface area contributed by atoms with Crippen molar-refractivity contribution in [3.8, 4) is 0 Å². The molecule has 2 aliphatic carbocycles. The Kier molecular flexibility index (Phi) is 5.57. The third-order valence-corrected chi connectivity index (χ3v) is 5.92. The first-order valence-electron chi connectivity index (χ1n) is 10.1. The minimum absolute atomic E-state index is 0.116. The Morgan fingerprint density at radius 3 is 2.50 bits per heavy atom. The highest BCUT2D eigenvalue weighted by Gasteiger charge is 2.39.